The molecule has 0 aliphatic carbocycles. The first-order chi connectivity index (χ1) is 11.0. The van der Waals surface area contributed by atoms with Crippen LogP contribution in [-0.4, -0.2) is 86.5 Å². The fourth-order valence-electron chi connectivity index (χ4n) is 2.33. The van der Waals surface area contributed by atoms with Crippen LogP contribution in [0, 0.1) is 0 Å². The van der Waals surface area contributed by atoms with Crippen molar-refractivity contribution in [1.29, 1.82) is 0 Å². The molecule has 13 heteroatoms. The molecule has 1 aliphatic heterocycles. The molecule has 0 radical (unpaired) electrons. The Morgan fingerprint density at radius 3 is 2.43 bits per heavy atom. The number of aliphatic hydroxyl groups excluding tert-OH is 5. The van der Waals surface area contributed by atoms with E-state index in [4.69, 9.17) is 14.9 Å². The number of aromatic nitrogens is 6. The molecule has 23 heavy (non-hydrogen) atoms. The van der Waals surface area contributed by atoms with Gasteiger partial charge in [-0.15, -0.1) is 10.2 Å². The molecule has 3 heterocycles. The average molecular weight is 330 g/mol. The lowest BCUT2D eigenvalue weighted by atomic mass is 9.98. The SMILES string of the molecule is O=c1c2nnn(CO)c2nnn1C1OC(CO)C(O)C(O)C1O. The van der Waals surface area contributed by atoms with Crippen molar-refractivity contribution in [2.75, 3.05) is 6.61 Å². The van der Waals surface area contributed by atoms with Crippen LogP contribution in [0.2, 0.25) is 0 Å². The van der Waals surface area contributed by atoms with Gasteiger partial charge in [-0.1, -0.05) is 10.4 Å². The van der Waals surface area contributed by atoms with Crippen molar-refractivity contribution in [3.63, 3.8) is 0 Å². The Hall–Kier alpha value is -2.03. The Morgan fingerprint density at radius 2 is 1.78 bits per heavy atom. The second kappa shape index (κ2) is 5.88. The monoisotopic (exact) mass is 330 g/mol. The molecule has 1 saturated heterocycles. The minimum absolute atomic E-state index is 0.0710. The van der Waals surface area contributed by atoms with E-state index in [0.29, 0.717) is 4.68 Å². The molecule has 0 bridgehead atoms. The van der Waals surface area contributed by atoms with Crippen molar-refractivity contribution < 1.29 is 30.3 Å². The minimum atomic E-state index is -1.69. The summed E-state index contributed by atoms with van der Waals surface area (Å²) in [6.45, 7) is -1.21. The lowest BCUT2D eigenvalue weighted by Gasteiger charge is -2.39. The Balaban J connectivity index is 2.05. The molecule has 3 rings (SSSR count). The number of ether oxygens (including phenoxy) is 1. The molecule has 0 saturated carbocycles. The summed E-state index contributed by atoms with van der Waals surface area (Å²) < 4.78 is 6.78. The number of fused-ring (bicyclic) bond motifs is 1. The van der Waals surface area contributed by atoms with Crippen LogP contribution < -0.4 is 5.56 Å². The third-order valence-corrected chi connectivity index (χ3v) is 3.60. The first-order valence-corrected chi connectivity index (χ1v) is 6.59. The Labute approximate surface area is 127 Å². The highest BCUT2D eigenvalue weighted by Gasteiger charge is 2.45. The minimum Gasteiger partial charge on any atom is -0.394 e. The number of rotatable bonds is 3. The molecule has 5 atom stereocenters. The van der Waals surface area contributed by atoms with E-state index in [1.54, 1.807) is 0 Å². The maximum atomic E-state index is 12.4. The van der Waals surface area contributed by atoms with Crippen LogP contribution in [0.1, 0.15) is 6.23 Å². The van der Waals surface area contributed by atoms with E-state index in [2.05, 4.69) is 20.6 Å². The summed E-state index contributed by atoms with van der Waals surface area (Å²) in [5.74, 6) is 0. The van der Waals surface area contributed by atoms with Crippen molar-refractivity contribution in [1.82, 2.24) is 30.0 Å². The lowest BCUT2D eigenvalue weighted by molar-refractivity contribution is -0.255. The van der Waals surface area contributed by atoms with Gasteiger partial charge < -0.3 is 30.3 Å². The molecule has 2 aromatic rings. The molecule has 2 aromatic heterocycles. The molecule has 13 nitrogen and oxygen atoms in total. The number of aliphatic hydroxyl groups is 5. The molecule has 1 aliphatic rings. The molecule has 0 amide bonds. The third-order valence-electron chi connectivity index (χ3n) is 3.60. The van der Waals surface area contributed by atoms with Crippen molar-refractivity contribution >= 4 is 11.2 Å². The van der Waals surface area contributed by atoms with Gasteiger partial charge in [-0.25, -0.2) is 0 Å². The molecule has 5 N–H and O–H groups in total. The highest BCUT2D eigenvalue weighted by Crippen LogP contribution is 2.26. The lowest BCUT2D eigenvalue weighted by Crippen LogP contribution is -2.58. The van der Waals surface area contributed by atoms with Gasteiger partial charge in [0.1, 0.15) is 31.1 Å². The quantitative estimate of drug-likeness (QED) is 0.363. The van der Waals surface area contributed by atoms with Gasteiger partial charge >= 0.3 is 5.56 Å². The van der Waals surface area contributed by atoms with Crippen LogP contribution in [0.5, 0.6) is 0 Å². The Morgan fingerprint density at radius 1 is 1.04 bits per heavy atom. The molecule has 1 fully saturated rings. The first kappa shape index (κ1) is 15.9. The van der Waals surface area contributed by atoms with Gasteiger partial charge in [-0.05, 0) is 0 Å². The Bertz CT molecular complexity index is 760. The standard InChI is InChI=1S/C10H14N6O7/c17-1-3-5(19)6(20)7(21)10(23-3)16-9(22)4-8(12-14-16)15(2-18)13-11-4/h3,5-7,10,17-21H,1-2H2. The molecular formula is C10H14N6O7. The fourth-order valence-corrected chi connectivity index (χ4v) is 2.33. The van der Waals surface area contributed by atoms with E-state index in [9.17, 15) is 20.1 Å². The summed E-state index contributed by atoms with van der Waals surface area (Å²) in [4.78, 5) is 12.4. The third kappa shape index (κ3) is 2.39. The number of hydrogen-bond acceptors (Lipinski definition) is 11. The van der Waals surface area contributed by atoms with Crippen LogP contribution >= 0.6 is 0 Å². The van der Waals surface area contributed by atoms with Gasteiger partial charge in [0.2, 0.25) is 11.2 Å². The van der Waals surface area contributed by atoms with Crippen molar-refractivity contribution in [2.45, 2.75) is 37.4 Å². The zero-order valence-electron chi connectivity index (χ0n) is 11.5. The predicted molar refractivity (Wildman–Crippen MR) is 68.6 cm³/mol. The van der Waals surface area contributed by atoms with Gasteiger partial charge in [-0.3, -0.25) is 4.79 Å². The van der Waals surface area contributed by atoms with E-state index in [-0.39, 0.29) is 11.2 Å². The van der Waals surface area contributed by atoms with Crippen LogP contribution in [0.3, 0.4) is 0 Å². The summed E-state index contributed by atoms with van der Waals surface area (Å²) in [5.41, 5.74) is -1.14. The average Bonchev–Trinajstić information content (AvgIpc) is 2.98. The molecule has 0 aromatic carbocycles. The summed E-state index contributed by atoms with van der Waals surface area (Å²) in [6.07, 6.45) is -7.60. The molecular weight excluding hydrogens is 316 g/mol. The van der Waals surface area contributed by atoms with Gasteiger partial charge in [0.25, 0.3) is 0 Å². The first-order valence-electron chi connectivity index (χ1n) is 6.59. The van der Waals surface area contributed by atoms with E-state index in [1.807, 2.05) is 0 Å². The maximum Gasteiger partial charge on any atom is 0.302 e. The second-order valence-electron chi connectivity index (χ2n) is 4.96. The fraction of sp³-hybridized carbons (Fsp3) is 0.700. The molecule has 0 spiro atoms. The van der Waals surface area contributed by atoms with Gasteiger partial charge in [0.05, 0.1) is 6.61 Å². The van der Waals surface area contributed by atoms with Crippen LogP contribution in [0.15, 0.2) is 4.79 Å². The van der Waals surface area contributed by atoms with Gasteiger partial charge in [-0.2, -0.15) is 9.36 Å². The topological polar surface area (TPSA) is 189 Å². The van der Waals surface area contributed by atoms with E-state index >= 15 is 0 Å². The largest absolute Gasteiger partial charge is 0.394 e. The maximum absolute atomic E-state index is 12.4. The smallest absolute Gasteiger partial charge is 0.302 e. The zero-order valence-corrected chi connectivity index (χ0v) is 11.5. The zero-order chi connectivity index (χ0) is 16.7. The summed E-state index contributed by atoms with van der Waals surface area (Å²) >= 11 is 0. The van der Waals surface area contributed by atoms with Crippen LogP contribution in [0.25, 0.3) is 11.2 Å². The number of hydrogen-bond donors (Lipinski definition) is 5. The number of nitrogens with zero attached hydrogens (tertiary/aromatic N) is 6. The van der Waals surface area contributed by atoms with E-state index in [0.717, 1.165) is 4.68 Å². The van der Waals surface area contributed by atoms with Gasteiger partial charge in [0, 0.05) is 0 Å². The van der Waals surface area contributed by atoms with E-state index < -0.39 is 49.5 Å². The van der Waals surface area contributed by atoms with Crippen LogP contribution in [-0.2, 0) is 11.5 Å². The van der Waals surface area contributed by atoms with Crippen LogP contribution in [0.4, 0.5) is 0 Å². The summed E-state index contributed by atoms with van der Waals surface area (Å²) in [5, 5.41) is 62.0. The molecule has 126 valence electrons. The highest BCUT2D eigenvalue weighted by atomic mass is 16.6. The Kier molecular flexibility index (Phi) is 4.05. The van der Waals surface area contributed by atoms with E-state index in [1.165, 1.54) is 0 Å². The van der Waals surface area contributed by atoms with Crippen molar-refractivity contribution in [2.24, 2.45) is 0 Å². The van der Waals surface area contributed by atoms with Gasteiger partial charge in [0.15, 0.2) is 6.23 Å². The highest BCUT2D eigenvalue weighted by molar-refractivity contribution is 5.66. The normalized spacial score (nSPS) is 31.6. The summed E-state index contributed by atoms with van der Waals surface area (Å²) in [7, 11) is 0. The summed E-state index contributed by atoms with van der Waals surface area (Å²) in [6, 6.07) is 0. The predicted octanol–water partition coefficient (Wildman–Crippen LogP) is -4.69. The second-order valence-corrected chi connectivity index (χ2v) is 4.96. The molecule has 5 unspecified atom stereocenters. The van der Waals surface area contributed by atoms with Crippen molar-refractivity contribution in [3.8, 4) is 0 Å². The van der Waals surface area contributed by atoms with Crippen molar-refractivity contribution in [3.05, 3.63) is 10.4 Å².